The molecular weight excluding hydrogens is 170 g/mol. The van der Waals surface area contributed by atoms with Crippen LogP contribution in [-0.2, 0) is 0 Å². The van der Waals surface area contributed by atoms with Gasteiger partial charge in [-0.05, 0) is 11.5 Å². The Morgan fingerprint density at radius 2 is 2.33 bits per heavy atom. The van der Waals surface area contributed by atoms with E-state index < -0.39 is 0 Å². The molecule has 1 aromatic carbocycles. The van der Waals surface area contributed by atoms with Gasteiger partial charge in [0.25, 0.3) is 0 Å². The standard InChI is InChI=1S/C8H5N3S/c1-2-5-4-9-8-7(6(5)3-1)12-11-10-8/h1-4,11H. The lowest BCUT2D eigenvalue weighted by molar-refractivity contribution is 1.16. The fourth-order valence-electron chi connectivity index (χ4n) is 1.36. The molecule has 0 unspecified atom stereocenters. The van der Waals surface area contributed by atoms with Crippen LogP contribution < -0.4 is 0 Å². The minimum Gasteiger partial charge on any atom is -0.234 e. The summed E-state index contributed by atoms with van der Waals surface area (Å²) in [5.74, 6) is 0. The van der Waals surface area contributed by atoms with Crippen LogP contribution >= 0.6 is 11.5 Å². The van der Waals surface area contributed by atoms with E-state index in [0.29, 0.717) is 0 Å². The van der Waals surface area contributed by atoms with Crippen molar-refractivity contribution in [1.29, 1.82) is 0 Å². The van der Waals surface area contributed by atoms with Gasteiger partial charge >= 0.3 is 0 Å². The van der Waals surface area contributed by atoms with E-state index in [1.54, 1.807) is 0 Å². The van der Waals surface area contributed by atoms with Crippen LogP contribution in [0.25, 0.3) is 21.1 Å². The third-order valence-corrected chi connectivity index (χ3v) is 2.71. The molecule has 12 heavy (non-hydrogen) atoms. The van der Waals surface area contributed by atoms with Crippen LogP contribution in [0.15, 0.2) is 24.4 Å². The summed E-state index contributed by atoms with van der Waals surface area (Å²) in [6, 6.07) is 6.18. The molecule has 0 saturated carbocycles. The van der Waals surface area contributed by atoms with Crippen LogP contribution in [-0.4, -0.2) is 14.6 Å². The molecule has 0 fully saturated rings. The van der Waals surface area contributed by atoms with E-state index in [0.717, 1.165) is 10.3 Å². The van der Waals surface area contributed by atoms with Crippen molar-refractivity contribution in [2.75, 3.05) is 0 Å². The zero-order chi connectivity index (χ0) is 7.97. The zero-order valence-corrected chi connectivity index (χ0v) is 6.93. The minimum absolute atomic E-state index is 0.804. The third kappa shape index (κ3) is 0.648. The lowest BCUT2D eigenvalue weighted by Gasteiger charge is -1.87. The molecule has 58 valence electrons. The maximum Gasteiger partial charge on any atom is 0.192 e. The van der Waals surface area contributed by atoms with Gasteiger partial charge in [-0.2, -0.15) is 0 Å². The van der Waals surface area contributed by atoms with E-state index in [4.69, 9.17) is 0 Å². The number of H-pyrrole nitrogens is 1. The van der Waals surface area contributed by atoms with Gasteiger partial charge < -0.3 is 0 Å². The van der Waals surface area contributed by atoms with E-state index in [1.807, 2.05) is 12.3 Å². The van der Waals surface area contributed by atoms with Crippen LogP contribution in [0.5, 0.6) is 0 Å². The van der Waals surface area contributed by atoms with Gasteiger partial charge in [0, 0.05) is 17.0 Å². The van der Waals surface area contributed by atoms with Crippen LogP contribution in [0.3, 0.4) is 0 Å². The van der Waals surface area contributed by atoms with Crippen molar-refractivity contribution in [3.8, 4) is 0 Å². The Balaban J connectivity index is 2.71. The third-order valence-electron chi connectivity index (χ3n) is 1.92. The molecule has 0 amide bonds. The van der Waals surface area contributed by atoms with Gasteiger partial charge in [0.05, 0.1) is 4.70 Å². The van der Waals surface area contributed by atoms with Gasteiger partial charge in [0.15, 0.2) is 5.65 Å². The van der Waals surface area contributed by atoms with Crippen molar-refractivity contribution < 1.29 is 0 Å². The number of pyridine rings is 1. The highest BCUT2D eigenvalue weighted by Gasteiger charge is 2.03. The highest BCUT2D eigenvalue weighted by atomic mass is 32.1. The Morgan fingerprint density at radius 3 is 3.33 bits per heavy atom. The van der Waals surface area contributed by atoms with Crippen LogP contribution in [0.2, 0.25) is 0 Å². The van der Waals surface area contributed by atoms with Gasteiger partial charge in [-0.1, -0.05) is 18.2 Å². The number of hydrogen-bond donors (Lipinski definition) is 1. The van der Waals surface area contributed by atoms with Crippen molar-refractivity contribution in [1.82, 2.24) is 14.6 Å². The highest BCUT2D eigenvalue weighted by Crippen LogP contribution is 2.24. The predicted molar refractivity (Wildman–Crippen MR) is 49.3 cm³/mol. The van der Waals surface area contributed by atoms with E-state index in [9.17, 15) is 0 Å². The van der Waals surface area contributed by atoms with Crippen molar-refractivity contribution >= 4 is 32.7 Å². The Hall–Kier alpha value is -1.42. The van der Waals surface area contributed by atoms with Gasteiger partial charge in [-0.15, -0.1) is 5.10 Å². The number of fused-ring (bicyclic) bond motifs is 3. The summed E-state index contributed by atoms with van der Waals surface area (Å²) in [4.78, 5) is 4.21. The SMILES string of the molecule is c1cc2cnc3n[nH]sc3c2c1. The predicted octanol–water partition coefficient (Wildman–Crippen LogP) is 2.17. The summed E-state index contributed by atoms with van der Waals surface area (Å²) >= 11 is 1.52. The molecule has 0 radical (unpaired) electrons. The van der Waals surface area contributed by atoms with Gasteiger partial charge in [0.1, 0.15) is 0 Å². The average molecular weight is 175 g/mol. The minimum atomic E-state index is 0.804. The number of rotatable bonds is 0. The Bertz CT molecular complexity index is 487. The molecule has 0 aliphatic rings. The van der Waals surface area contributed by atoms with E-state index in [-0.39, 0.29) is 0 Å². The number of nitrogens with one attached hydrogen (secondary N) is 1. The van der Waals surface area contributed by atoms with Crippen LogP contribution in [0.4, 0.5) is 0 Å². The molecular formula is C8H5N3S. The molecule has 0 atom stereocenters. The number of nitrogens with zero attached hydrogens (tertiary/aromatic N) is 2. The Kier molecular flexibility index (Phi) is 1.04. The van der Waals surface area contributed by atoms with Gasteiger partial charge in [-0.3, -0.25) is 0 Å². The molecule has 3 nitrogen and oxygen atoms in total. The molecule has 2 heterocycles. The molecule has 3 aromatic rings. The maximum absolute atomic E-state index is 4.21. The van der Waals surface area contributed by atoms with E-state index >= 15 is 0 Å². The fourth-order valence-corrected chi connectivity index (χ4v) is 2.06. The summed E-state index contributed by atoms with van der Waals surface area (Å²) < 4.78 is 3.99. The lowest BCUT2D eigenvalue weighted by atomic mass is 10.3. The second kappa shape index (κ2) is 2.04. The van der Waals surface area contributed by atoms with E-state index in [2.05, 4.69) is 26.7 Å². The highest BCUT2D eigenvalue weighted by molar-refractivity contribution is 7.14. The summed E-state index contributed by atoms with van der Waals surface area (Å²) in [5.41, 5.74) is 0.804. The summed E-state index contributed by atoms with van der Waals surface area (Å²) in [5, 5.41) is 6.45. The molecule has 2 aromatic heterocycles. The first-order valence-electron chi connectivity index (χ1n) is 3.62. The fraction of sp³-hybridized carbons (Fsp3) is 0. The van der Waals surface area contributed by atoms with Crippen molar-refractivity contribution in [2.45, 2.75) is 0 Å². The molecule has 0 aliphatic carbocycles. The summed E-state index contributed by atoms with van der Waals surface area (Å²) in [6.07, 6.45) is 1.85. The first-order chi connectivity index (χ1) is 5.95. The Morgan fingerprint density at radius 1 is 1.33 bits per heavy atom. The first kappa shape index (κ1) is 6.14. The second-order valence-corrected chi connectivity index (χ2v) is 3.41. The van der Waals surface area contributed by atoms with Gasteiger partial charge in [0.2, 0.25) is 0 Å². The van der Waals surface area contributed by atoms with Crippen molar-refractivity contribution in [3.05, 3.63) is 24.4 Å². The first-order valence-corrected chi connectivity index (χ1v) is 4.44. The summed E-state index contributed by atoms with van der Waals surface area (Å²) in [7, 11) is 0. The van der Waals surface area contributed by atoms with Gasteiger partial charge in [-0.25, -0.2) is 9.47 Å². The quantitative estimate of drug-likeness (QED) is 0.569. The normalized spacial score (nSPS) is 11.3. The second-order valence-electron chi connectivity index (χ2n) is 2.61. The molecule has 0 spiro atoms. The Labute approximate surface area is 72.2 Å². The van der Waals surface area contributed by atoms with Crippen molar-refractivity contribution in [3.63, 3.8) is 0 Å². The molecule has 4 heteroatoms. The molecule has 0 saturated heterocycles. The van der Waals surface area contributed by atoms with Crippen LogP contribution in [0, 0.1) is 0 Å². The maximum atomic E-state index is 4.21. The molecule has 1 N–H and O–H groups in total. The topological polar surface area (TPSA) is 41.6 Å². The number of aromatic amines is 1. The van der Waals surface area contributed by atoms with E-state index in [1.165, 1.54) is 22.3 Å². The zero-order valence-electron chi connectivity index (χ0n) is 6.11. The number of hydrogen-bond acceptors (Lipinski definition) is 3. The molecule has 0 aliphatic heterocycles. The molecule has 3 rings (SSSR count). The monoisotopic (exact) mass is 175 g/mol. The number of aromatic nitrogens is 3. The summed E-state index contributed by atoms with van der Waals surface area (Å²) in [6.45, 7) is 0. The largest absolute Gasteiger partial charge is 0.234 e. The van der Waals surface area contributed by atoms with Crippen molar-refractivity contribution in [2.24, 2.45) is 0 Å². The average Bonchev–Trinajstić information content (AvgIpc) is 2.71. The smallest absolute Gasteiger partial charge is 0.192 e. The molecule has 0 bridgehead atoms. The lowest BCUT2D eigenvalue weighted by Crippen LogP contribution is -1.74. The van der Waals surface area contributed by atoms with Crippen LogP contribution in [0.1, 0.15) is 0 Å².